The highest BCUT2D eigenvalue weighted by Crippen LogP contribution is 2.27. The second kappa shape index (κ2) is 6.03. The van der Waals surface area contributed by atoms with E-state index in [4.69, 9.17) is 0 Å². The lowest BCUT2D eigenvalue weighted by molar-refractivity contribution is -0.0476. The average molecular weight is 326 g/mol. The Kier molecular flexibility index (Phi) is 6.61. The highest BCUT2D eigenvalue weighted by molar-refractivity contribution is 8.05. The molecule has 0 aromatic carbocycles. The molecule has 0 spiro atoms. The van der Waals surface area contributed by atoms with Crippen LogP contribution in [0.2, 0.25) is 0 Å². The van der Waals surface area contributed by atoms with Gasteiger partial charge in [0.2, 0.25) is 0 Å². The van der Waals surface area contributed by atoms with Crippen LogP contribution in [0, 0.1) is 0 Å². The van der Waals surface area contributed by atoms with Crippen LogP contribution in [0.15, 0.2) is 0 Å². The first-order valence-electron chi connectivity index (χ1n) is 3.62. The fourth-order valence-corrected chi connectivity index (χ4v) is 2.15. The van der Waals surface area contributed by atoms with E-state index in [1.165, 1.54) is 0 Å². The molecule has 0 atom stereocenters. The zero-order valence-corrected chi connectivity index (χ0v) is 10.4. The van der Waals surface area contributed by atoms with Crippen LogP contribution in [-0.4, -0.2) is 41.9 Å². The molecule has 0 unspecified atom stereocenters. The average Bonchev–Trinajstić information content (AvgIpc) is 1.98. The number of hydrogen-bond acceptors (Lipinski definition) is 5. The molecule has 0 aliphatic carbocycles. The zero-order valence-electron chi connectivity index (χ0n) is 8.72. The molecule has 18 heavy (non-hydrogen) atoms. The summed E-state index contributed by atoms with van der Waals surface area (Å²) in [6.45, 7) is 0. The van der Waals surface area contributed by atoms with Gasteiger partial charge in [0.15, 0.2) is 0 Å². The van der Waals surface area contributed by atoms with Crippen molar-refractivity contribution in [2.24, 2.45) is 0 Å². The minimum Gasteiger partial charge on any atom is -0.323 e. The molecule has 0 fully saturated rings. The van der Waals surface area contributed by atoms with Crippen LogP contribution in [0.3, 0.4) is 0 Å². The minimum atomic E-state index is -6.60. The summed E-state index contributed by atoms with van der Waals surface area (Å²) < 4.78 is 108. The first kappa shape index (κ1) is 19.7. The number of alkyl halides is 6. The third kappa shape index (κ3) is 5.83. The van der Waals surface area contributed by atoms with E-state index >= 15 is 0 Å². The largest absolute Gasteiger partial charge is 0.512 e. The van der Waals surface area contributed by atoms with Gasteiger partial charge in [-0.3, -0.25) is 0 Å². The summed E-state index contributed by atoms with van der Waals surface area (Å²) in [7, 11) is -9.44. The number of hydrogen-bond donors (Lipinski definition) is 2. The molecule has 0 amide bonds. The highest BCUT2D eigenvalue weighted by atomic mass is 32.3. The molecule has 0 heterocycles. The van der Waals surface area contributed by atoms with E-state index in [9.17, 15) is 43.2 Å². The van der Waals surface area contributed by atoms with Gasteiger partial charge in [0.05, 0.1) is 0 Å². The van der Waals surface area contributed by atoms with Crippen LogP contribution in [0.1, 0.15) is 0 Å². The van der Waals surface area contributed by atoms with Gasteiger partial charge < -0.3 is 5.32 Å². The van der Waals surface area contributed by atoms with Crippen molar-refractivity contribution in [3.63, 3.8) is 0 Å². The molecule has 0 aliphatic rings. The lowest BCUT2D eigenvalue weighted by Gasteiger charge is -2.11. The quantitative estimate of drug-likeness (QED) is 0.703. The van der Waals surface area contributed by atoms with Crippen molar-refractivity contribution in [3.8, 4) is 0 Å². The van der Waals surface area contributed by atoms with Gasteiger partial charge in [0, 0.05) is 0 Å². The molecule has 0 radical (unpaired) electrons. The van der Waals surface area contributed by atoms with Gasteiger partial charge in [-0.25, -0.2) is 16.8 Å². The second-order valence-corrected chi connectivity index (χ2v) is 6.09. The fourth-order valence-electron chi connectivity index (χ4n) is 0.239. The van der Waals surface area contributed by atoms with Crippen molar-refractivity contribution in [1.82, 2.24) is 9.44 Å². The summed E-state index contributed by atoms with van der Waals surface area (Å²) in [6.07, 6.45) is 0. The molecule has 0 saturated heterocycles. The molecule has 0 rings (SSSR count). The predicted molar refractivity (Wildman–Crippen MR) is 48.1 cm³/mol. The van der Waals surface area contributed by atoms with Crippen molar-refractivity contribution in [3.05, 3.63) is 0 Å². The Labute approximate surface area is 98.5 Å². The molecular formula is C4H8F6N2O4S2. The molecule has 0 aliphatic heterocycles. The van der Waals surface area contributed by atoms with Crippen LogP contribution in [0.4, 0.5) is 26.3 Å². The third-order valence-corrected chi connectivity index (χ3v) is 3.80. The van der Waals surface area contributed by atoms with Crippen LogP contribution < -0.4 is 9.44 Å². The van der Waals surface area contributed by atoms with E-state index in [0.717, 1.165) is 0 Å². The number of sulfonamides is 2. The van der Waals surface area contributed by atoms with Crippen molar-refractivity contribution < 1.29 is 43.2 Å². The van der Waals surface area contributed by atoms with Crippen LogP contribution in [-0.2, 0) is 20.0 Å². The zero-order chi connectivity index (χ0) is 15.4. The smallest absolute Gasteiger partial charge is 0.323 e. The molecule has 0 saturated carbocycles. The van der Waals surface area contributed by atoms with Crippen molar-refractivity contribution in [2.45, 2.75) is 11.0 Å². The molecule has 0 bridgehead atoms. The van der Waals surface area contributed by atoms with Crippen LogP contribution >= 0.6 is 0 Å². The maximum atomic E-state index is 11.5. The van der Waals surface area contributed by atoms with Crippen molar-refractivity contribution in [2.75, 3.05) is 14.1 Å². The summed E-state index contributed by atoms with van der Waals surface area (Å²) >= 11 is 0. The molecule has 2 N–H and O–H groups in total. The van der Waals surface area contributed by atoms with Crippen molar-refractivity contribution in [1.29, 1.82) is 0 Å². The standard InChI is InChI=1S/C2HF6NO4S2.C2H7N/c3-1(4,5)14(10,11)9-15(12,13)2(6,7)8;1-3-2/h9H;3H,1-2H3. The highest BCUT2D eigenvalue weighted by Gasteiger charge is 2.55. The number of rotatable bonds is 2. The molecule has 0 aromatic heterocycles. The van der Waals surface area contributed by atoms with Gasteiger partial charge in [-0.1, -0.05) is 4.13 Å². The summed E-state index contributed by atoms with van der Waals surface area (Å²) in [6, 6.07) is 0. The van der Waals surface area contributed by atoms with E-state index < -0.39 is 35.2 Å². The molecule has 14 heteroatoms. The van der Waals surface area contributed by atoms with E-state index in [2.05, 4.69) is 5.32 Å². The lowest BCUT2D eigenvalue weighted by atomic mass is 11.3. The Bertz CT molecular complexity index is 407. The number of halogens is 6. The monoisotopic (exact) mass is 326 g/mol. The molecule has 6 nitrogen and oxygen atoms in total. The Balaban J connectivity index is 0. The minimum absolute atomic E-state index is 0.493. The fraction of sp³-hybridized carbons (Fsp3) is 1.00. The van der Waals surface area contributed by atoms with Gasteiger partial charge in [-0.05, 0) is 14.1 Å². The van der Waals surface area contributed by atoms with Gasteiger partial charge >= 0.3 is 31.1 Å². The van der Waals surface area contributed by atoms with Crippen LogP contribution in [0.25, 0.3) is 0 Å². The van der Waals surface area contributed by atoms with E-state index in [1.807, 2.05) is 14.1 Å². The third-order valence-electron chi connectivity index (χ3n) is 0.829. The first-order valence-corrected chi connectivity index (χ1v) is 6.58. The SMILES string of the molecule is CNC.O=S(=O)(NS(=O)(=O)C(F)(F)F)C(F)(F)F. The first-order chi connectivity index (χ1) is 7.62. The summed E-state index contributed by atoms with van der Waals surface area (Å²) in [5, 5.41) is 2.75. The topological polar surface area (TPSA) is 92.3 Å². The molecule has 0 aromatic rings. The Morgan fingerprint density at radius 1 is 0.722 bits per heavy atom. The van der Waals surface area contributed by atoms with Crippen LogP contribution in [0.5, 0.6) is 0 Å². The Morgan fingerprint density at radius 3 is 1.00 bits per heavy atom. The second-order valence-electron chi connectivity index (χ2n) is 2.48. The van der Waals surface area contributed by atoms with Gasteiger partial charge in [-0.2, -0.15) is 26.3 Å². The Morgan fingerprint density at radius 2 is 0.889 bits per heavy atom. The predicted octanol–water partition coefficient (Wildman–Crippen LogP) is 0.111. The maximum absolute atomic E-state index is 11.5. The van der Waals surface area contributed by atoms with Gasteiger partial charge in [-0.15, -0.1) is 0 Å². The van der Waals surface area contributed by atoms with E-state index in [-0.39, 0.29) is 0 Å². The number of nitrogens with one attached hydrogen (secondary N) is 2. The summed E-state index contributed by atoms with van der Waals surface area (Å²) in [4.78, 5) is 0. The normalized spacial score (nSPS) is 13.8. The van der Waals surface area contributed by atoms with E-state index in [0.29, 0.717) is 0 Å². The summed E-state index contributed by atoms with van der Waals surface area (Å²) in [5.41, 5.74) is -12.3. The maximum Gasteiger partial charge on any atom is 0.512 e. The lowest BCUT2D eigenvalue weighted by Crippen LogP contribution is -2.45. The van der Waals surface area contributed by atoms with Gasteiger partial charge in [0.1, 0.15) is 0 Å². The van der Waals surface area contributed by atoms with Crippen molar-refractivity contribution >= 4 is 20.0 Å². The Hall–Kier alpha value is -0.600. The summed E-state index contributed by atoms with van der Waals surface area (Å²) in [5.74, 6) is 0. The molecule has 112 valence electrons. The molecular weight excluding hydrogens is 318 g/mol. The van der Waals surface area contributed by atoms with Gasteiger partial charge in [0.25, 0.3) is 0 Å². The van der Waals surface area contributed by atoms with E-state index in [1.54, 1.807) is 0 Å².